The van der Waals surface area contributed by atoms with E-state index in [1.807, 2.05) is 6.07 Å². The summed E-state index contributed by atoms with van der Waals surface area (Å²) < 4.78 is 13.5. The summed E-state index contributed by atoms with van der Waals surface area (Å²) in [5, 5.41) is 3.01. The Bertz CT molecular complexity index is 1260. The molecule has 6 heteroatoms. The van der Waals surface area contributed by atoms with Gasteiger partial charge in [-0.1, -0.05) is 37.6 Å². The molecule has 37 heavy (non-hydrogen) atoms. The van der Waals surface area contributed by atoms with Gasteiger partial charge in [0.25, 0.3) is 5.91 Å². The number of hydrogen-bond donors (Lipinski definition) is 1. The minimum Gasteiger partial charge on any atom is -0.497 e. The number of nitrogens with one attached hydrogen (secondary N) is 1. The Morgan fingerprint density at radius 1 is 0.892 bits per heavy atom. The molecule has 1 aromatic heterocycles. The van der Waals surface area contributed by atoms with Crippen molar-refractivity contribution in [2.45, 2.75) is 52.0 Å². The van der Waals surface area contributed by atoms with Gasteiger partial charge in [-0.15, -0.1) is 0 Å². The molecule has 0 spiro atoms. The zero-order valence-electron chi connectivity index (χ0n) is 21.9. The van der Waals surface area contributed by atoms with E-state index in [2.05, 4.69) is 59.3 Å². The van der Waals surface area contributed by atoms with Crippen molar-refractivity contribution in [1.29, 1.82) is 0 Å². The number of unbranched alkanes of at least 4 members (excludes halogenated alkanes) is 2. The molecular formula is C31H37N3O3. The molecule has 0 unspecified atom stereocenters. The minimum atomic E-state index is -0.0482. The van der Waals surface area contributed by atoms with Crippen LogP contribution in [0.3, 0.4) is 0 Å². The highest BCUT2D eigenvalue weighted by Gasteiger charge is 2.10. The summed E-state index contributed by atoms with van der Waals surface area (Å²) in [5.74, 6) is 2.74. The van der Waals surface area contributed by atoms with Crippen LogP contribution in [-0.2, 0) is 19.4 Å². The van der Waals surface area contributed by atoms with Gasteiger partial charge >= 0.3 is 0 Å². The van der Waals surface area contributed by atoms with Crippen LogP contribution < -0.4 is 14.8 Å². The standard InChI is InChI=1S/C31H37N3O3/c1-3-24-13-17-27(18-14-24)37-23-9-22-34-29-11-7-6-10-28(29)33-30(34)12-5-4-8-21-32-31(35)25-15-19-26(36-2)20-16-25/h6-7,10-11,13-20H,3-5,8-9,12,21-23H2,1-2H3,(H,32,35). The number of rotatable bonds is 14. The van der Waals surface area contributed by atoms with Crippen molar-refractivity contribution in [2.24, 2.45) is 0 Å². The molecule has 4 aromatic rings. The van der Waals surface area contributed by atoms with E-state index in [1.165, 1.54) is 11.1 Å². The van der Waals surface area contributed by atoms with Crippen molar-refractivity contribution in [1.82, 2.24) is 14.9 Å². The number of aromatic nitrogens is 2. The predicted octanol–water partition coefficient (Wildman–Crippen LogP) is 6.22. The lowest BCUT2D eigenvalue weighted by atomic mass is 10.1. The number of aryl methyl sites for hydroxylation is 3. The normalized spacial score (nSPS) is 11.0. The number of para-hydroxylation sites is 2. The molecule has 0 aliphatic heterocycles. The van der Waals surface area contributed by atoms with E-state index in [0.29, 0.717) is 18.7 Å². The number of ether oxygens (including phenoxy) is 2. The van der Waals surface area contributed by atoms with Crippen LogP contribution in [0.1, 0.15) is 54.4 Å². The third-order valence-electron chi connectivity index (χ3n) is 6.57. The van der Waals surface area contributed by atoms with Crippen LogP contribution >= 0.6 is 0 Å². The molecule has 3 aromatic carbocycles. The highest BCUT2D eigenvalue weighted by atomic mass is 16.5. The zero-order valence-corrected chi connectivity index (χ0v) is 21.9. The van der Waals surface area contributed by atoms with E-state index in [4.69, 9.17) is 14.5 Å². The number of carbonyl (C=O) groups excluding carboxylic acids is 1. The summed E-state index contributed by atoms with van der Waals surface area (Å²) in [4.78, 5) is 17.2. The molecule has 0 bridgehead atoms. The smallest absolute Gasteiger partial charge is 0.251 e. The van der Waals surface area contributed by atoms with E-state index in [9.17, 15) is 4.79 Å². The fourth-order valence-corrected chi connectivity index (χ4v) is 4.43. The van der Waals surface area contributed by atoms with Crippen molar-refractivity contribution in [3.63, 3.8) is 0 Å². The van der Waals surface area contributed by atoms with Gasteiger partial charge in [0.1, 0.15) is 17.3 Å². The zero-order chi connectivity index (χ0) is 25.9. The van der Waals surface area contributed by atoms with Crippen LogP contribution in [0, 0.1) is 0 Å². The number of amides is 1. The molecule has 0 saturated heterocycles. The van der Waals surface area contributed by atoms with E-state index in [1.54, 1.807) is 31.4 Å². The second-order valence-electron chi connectivity index (χ2n) is 9.16. The molecule has 1 amide bonds. The first-order valence-corrected chi connectivity index (χ1v) is 13.3. The molecule has 1 heterocycles. The van der Waals surface area contributed by atoms with Gasteiger partial charge in [-0.2, -0.15) is 0 Å². The quantitative estimate of drug-likeness (QED) is 0.209. The SMILES string of the molecule is CCc1ccc(OCCCn2c(CCCCCNC(=O)c3ccc(OC)cc3)nc3ccccc32)cc1. The van der Waals surface area contributed by atoms with Gasteiger partial charge in [0.15, 0.2) is 0 Å². The van der Waals surface area contributed by atoms with Crippen LogP contribution in [-0.4, -0.2) is 35.7 Å². The lowest BCUT2D eigenvalue weighted by Gasteiger charge is -2.11. The summed E-state index contributed by atoms with van der Waals surface area (Å²) in [6.45, 7) is 4.37. The highest BCUT2D eigenvalue weighted by Crippen LogP contribution is 2.19. The van der Waals surface area contributed by atoms with Gasteiger partial charge in [-0.05, 0) is 79.8 Å². The Labute approximate surface area is 219 Å². The van der Waals surface area contributed by atoms with Crippen LogP contribution in [0.2, 0.25) is 0 Å². The molecule has 194 valence electrons. The van der Waals surface area contributed by atoms with Gasteiger partial charge in [-0.25, -0.2) is 4.98 Å². The van der Waals surface area contributed by atoms with E-state index in [0.717, 1.165) is 67.9 Å². The molecule has 1 N–H and O–H groups in total. The van der Waals surface area contributed by atoms with Crippen molar-refractivity contribution >= 4 is 16.9 Å². The molecule has 0 saturated carbocycles. The topological polar surface area (TPSA) is 65.4 Å². The Kier molecular flexibility index (Phi) is 9.58. The average Bonchev–Trinajstić information content (AvgIpc) is 3.30. The number of nitrogens with zero attached hydrogens (tertiary/aromatic N) is 2. The van der Waals surface area contributed by atoms with Gasteiger partial charge in [-0.3, -0.25) is 4.79 Å². The van der Waals surface area contributed by atoms with Gasteiger partial charge in [0.05, 0.1) is 24.8 Å². The lowest BCUT2D eigenvalue weighted by molar-refractivity contribution is 0.0953. The number of fused-ring (bicyclic) bond motifs is 1. The third kappa shape index (κ3) is 7.35. The maximum Gasteiger partial charge on any atom is 0.251 e. The third-order valence-corrected chi connectivity index (χ3v) is 6.57. The van der Waals surface area contributed by atoms with Crippen LogP contribution in [0.5, 0.6) is 11.5 Å². The monoisotopic (exact) mass is 499 g/mol. The number of imidazole rings is 1. The van der Waals surface area contributed by atoms with Gasteiger partial charge in [0.2, 0.25) is 0 Å². The van der Waals surface area contributed by atoms with Crippen molar-refractivity contribution in [3.8, 4) is 11.5 Å². The van der Waals surface area contributed by atoms with Crippen molar-refractivity contribution in [2.75, 3.05) is 20.3 Å². The predicted molar refractivity (Wildman–Crippen MR) is 149 cm³/mol. The van der Waals surface area contributed by atoms with E-state index < -0.39 is 0 Å². The van der Waals surface area contributed by atoms with E-state index in [-0.39, 0.29) is 5.91 Å². The Morgan fingerprint density at radius 2 is 1.65 bits per heavy atom. The first kappa shape index (κ1) is 26.3. The average molecular weight is 500 g/mol. The highest BCUT2D eigenvalue weighted by molar-refractivity contribution is 5.94. The largest absolute Gasteiger partial charge is 0.497 e. The summed E-state index contributed by atoms with van der Waals surface area (Å²) in [6, 6.07) is 23.9. The lowest BCUT2D eigenvalue weighted by Crippen LogP contribution is -2.24. The summed E-state index contributed by atoms with van der Waals surface area (Å²) in [6.07, 6.45) is 5.87. The molecule has 0 aliphatic carbocycles. The van der Waals surface area contributed by atoms with Gasteiger partial charge in [0, 0.05) is 25.1 Å². The summed E-state index contributed by atoms with van der Waals surface area (Å²) >= 11 is 0. The molecule has 0 aliphatic rings. The van der Waals surface area contributed by atoms with E-state index >= 15 is 0 Å². The maximum absolute atomic E-state index is 12.3. The molecule has 4 rings (SSSR count). The fraction of sp³-hybridized carbons (Fsp3) is 0.355. The number of benzene rings is 3. The van der Waals surface area contributed by atoms with Crippen molar-refractivity contribution in [3.05, 3.63) is 89.7 Å². The van der Waals surface area contributed by atoms with Gasteiger partial charge < -0.3 is 19.4 Å². The first-order chi connectivity index (χ1) is 18.2. The van der Waals surface area contributed by atoms with Crippen molar-refractivity contribution < 1.29 is 14.3 Å². The summed E-state index contributed by atoms with van der Waals surface area (Å²) in [7, 11) is 1.62. The van der Waals surface area contributed by atoms with Crippen LogP contribution in [0.4, 0.5) is 0 Å². The fourth-order valence-electron chi connectivity index (χ4n) is 4.43. The Balaban J connectivity index is 1.22. The number of hydrogen-bond acceptors (Lipinski definition) is 4. The molecule has 0 fully saturated rings. The number of methoxy groups -OCH3 is 1. The first-order valence-electron chi connectivity index (χ1n) is 13.3. The minimum absolute atomic E-state index is 0.0482. The maximum atomic E-state index is 12.3. The summed E-state index contributed by atoms with van der Waals surface area (Å²) in [5.41, 5.74) is 4.19. The second-order valence-corrected chi connectivity index (χ2v) is 9.16. The molecule has 0 atom stereocenters. The van der Waals surface area contributed by atoms with Crippen LogP contribution in [0.15, 0.2) is 72.8 Å². The second kappa shape index (κ2) is 13.5. The molecular weight excluding hydrogens is 462 g/mol. The molecule has 6 nitrogen and oxygen atoms in total. The Morgan fingerprint density at radius 3 is 2.41 bits per heavy atom. The molecule has 0 radical (unpaired) electrons. The van der Waals surface area contributed by atoms with Crippen LogP contribution in [0.25, 0.3) is 11.0 Å². The number of carbonyl (C=O) groups is 1. The Hall–Kier alpha value is -3.80.